The molecule has 1 N–H and O–H groups in total. The van der Waals surface area contributed by atoms with Gasteiger partial charge in [0.05, 0.1) is 11.9 Å². The molecule has 72 valence electrons. The van der Waals surface area contributed by atoms with Crippen LogP contribution >= 0.6 is 11.8 Å². The Kier molecular flexibility index (Phi) is 2.74. The molecule has 2 aromatic rings. The minimum Gasteiger partial charge on any atom is -0.507 e. The SMILES string of the molecule is Oc1ccccc1SCc1ccno1. The lowest BCUT2D eigenvalue weighted by Gasteiger charge is -2.00. The van der Waals surface area contributed by atoms with Crippen molar-refractivity contribution in [3.05, 3.63) is 42.3 Å². The summed E-state index contributed by atoms with van der Waals surface area (Å²) in [6.07, 6.45) is 1.61. The van der Waals surface area contributed by atoms with Gasteiger partial charge >= 0.3 is 0 Å². The fourth-order valence-electron chi connectivity index (χ4n) is 1.04. The number of phenolic OH excluding ortho intramolecular Hbond substituents is 1. The van der Waals surface area contributed by atoms with Crippen LogP contribution in [0, 0.1) is 0 Å². The Bertz CT molecular complexity index is 400. The molecule has 14 heavy (non-hydrogen) atoms. The van der Waals surface area contributed by atoms with Gasteiger partial charge in [-0.2, -0.15) is 0 Å². The summed E-state index contributed by atoms with van der Waals surface area (Å²) in [5.41, 5.74) is 0. The van der Waals surface area contributed by atoms with E-state index >= 15 is 0 Å². The van der Waals surface area contributed by atoms with Crippen LogP contribution in [0.4, 0.5) is 0 Å². The van der Waals surface area contributed by atoms with Crippen LogP contribution in [0.1, 0.15) is 5.76 Å². The van der Waals surface area contributed by atoms with E-state index in [1.165, 1.54) is 11.8 Å². The fourth-order valence-corrected chi connectivity index (χ4v) is 1.88. The van der Waals surface area contributed by atoms with Gasteiger partial charge < -0.3 is 9.63 Å². The molecule has 0 amide bonds. The summed E-state index contributed by atoms with van der Waals surface area (Å²) in [6.45, 7) is 0. The van der Waals surface area contributed by atoms with E-state index in [4.69, 9.17) is 4.52 Å². The highest BCUT2D eigenvalue weighted by Gasteiger charge is 2.02. The van der Waals surface area contributed by atoms with E-state index in [1.807, 2.05) is 18.2 Å². The first-order chi connectivity index (χ1) is 6.86. The standard InChI is InChI=1S/C10H9NO2S/c12-9-3-1-2-4-10(9)14-7-8-5-6-11-13-8/h1-6,12H,7H2. The average molecular weight is 207 g/mol. The van der Waals surface area contributed by atoms with Crippen molar-refractivity contribution in [2.75, 3.05) is 0 Å². The first-order valence-electron chi connectivity index (χ1n) is 4.16. The van der Waals surface area contributed by atoms with Crippen molar-refractivity contribution in [2.24, 2.45) is 0 Å². The molecule has 3 nitrogen and oxygen atoms in total. The van der Waals surface area contributed by atoms with Crippen molar-refractivity contribution in [3.63, 3.8) is 0 Å². The lowest BCUT2D eigenvalue weighted by atomic mass is 10.3. The van der Waals surface area contributed by atoms with E-state index < -0.39 is 0 Å². The van der Waals surface area contributed by atoms with Crippen LogP contribution in [0.3, 0.4) is 0 Å². The van der Waals surface area contributed by atoms with Gasteiger partial charge in [-0.15, -0.1) is 11.8 Å². The predicted octanol–water partition coefficient (Wildman–Crippen LogP) is 2.67. The monoisotopic (exact) mass is 207 g/mol. The quantitative estimate of drug-likeness (QED) is 0.786. The van der Waals surface area contributed by atoms with E-state index in [2.05, 4.69) is 5.16 Å². The third kappa shape index (κ3) is 2.09. The van der Waals surface area contributed by atoms with Gasteiger partial charge in [0.2, 0.25) is 0 Å². The molecule has 1 aromatic heterocycles. The Morgan fingerprint density at radius 1 is 1.29 bits per heavy atom. The van der Waals surface area contributed by atoms with E-state index in [-0.39, 0.29) is 0 Å². The third-order valence-corrected chi connectivity index (χ3v) is 2.81. The molecule has 0 spiro atoms. The van der Waals surface area contributed by atoms with Gasteiger partial charge in [0, 0.05) is 11.0 Å². The van der Waals surface area contributed by atoms with Crippen molar-refractivity contribution in [1.29, 1.82) is 0 Å². The average Bonchev–Trinajstić information content (AvgIpc) is 2.69. The lowest BCUT2D eigenvalue weighted by Crippen LogP contribution is -1.76. The molecule has 0 saturated heterocycles. The van der Waals surface area contributed by atoms with Gasteiger partial charge in [0.15, 0.2) is 0 Å². The number of aromatic nitrogens is 1. The first-order valence-corrected chi connectivity index (χ1v) is 5.15. The second-order valence-corrected chi connectivity index (χ2v) is 3.75. The Morgan fingerprint density at radius 2 is 2.14 bits per heavy atom. The van der Waals surface area contributed by atoms with Crippen LogP contribution in [0.2, 0.25) is 0 Å². The number of hydrogen-bond acceptors (Lipinski definition) is 4. The van der Waals surface area contributed by atoms with Gasteiger partial charge in [-0.25, -0.2) is 0 Å². The van der Waals surface area contributed by atoms with Crippen LogP contribution in [0.5, 0.6) is 5.75 Å². The molecule has 0 radical (unpaired) electrons. The lowest BCUT2D eigenvalue weighted by molar-refractivity contribution is 0.395. The summed E-state index contributed by atoms with van der Waals surface area (Å²) in [7, 11) is 0. The zero-order valence-electron chi connectivity index (χ0n) is 7.38. The van der Waals surface area contributed by atoms with Crippen LogP contribution < -0.4 is 0 Å². The Balaban J connectivity index is 2.02. The molecule has 0 aliphatic heterocycles. The highest BCUT2D eigenvalue weighted by atomic mass is 32.2. The second-order valence-electron chi connectivity index (χ2n) is 2.74. The van der Waals surface area contributed by atoms with E-state index in [0.29, 0.717) is 11.5 Å². The van der Waals surface area contributed by atoms with Crippen molar-refractivity contribution in [2.45, 2.75) is 10.6 Å². The van der Waals surface area contributed by atoms with Crippen LogP contribution in [0.25, 0.3) is 0 Å². The molecule has 0 saturated carbocycles. The maximum absolute atomic E-state index is 9.47. The molecule has 2 rings (SSSR count). The number of benzene rings is 1. The van der Waals surface area contributed by atoms with Gasteiger partial charge in [0.25, 0.3) is 0 Å². The molecular formula is C10H9NO2S. The van der Waals surface area contributed by atoms with Crippen molar-refractivity contribution in [1.82, 2.24) is 5.16 Å². The molecular weight excluding hydrogens is 198 g/mol. The number of rotatable bonds is 3. The zero-order valence-corrected chi connectivity index (χ0v) is 8.20. The normalized spacial score (nSPS) is 10.3. The van der Waals surface area contributed by atoms with Crippen LogP contribution in [0.15, 0.2) is 45.9 Å². The third-order valence-electron chi connectivity index (χ3n) is 1.73. The largest absolute Gasteiger partial charge is 0.507 e. The van der Waals surface area contributed by atoms with Gasteiger partial charge in [0.1, 0.15) is 11.5 Å². The summed E-state index contributed by atoms with van der Waals surface area (Å²) in [5, 5.41) is 13.1. The van der Waals surface area contributed by atoms with E-state index in [1.54, 1.807) is 18.3 Å². The summed E-state index contributed by atoms with van der Waals surface area (Å²) >= 11 is 1.52. The summed E-state index contributed by atoms with van der Waals surface area (Å²) in [6, 6.07) is 9.04. The molecule has 0 unspecified atom stereocenters. The van der Waals surface area contributed by atoms with Crippen molar-refractivity contribution < 1.29 is 9.63 Å². The molecule has 0 aliphatic carbocycles. The predicted molar refractivity (Wildman–Crippen MR) is 54.2 cm³/mol. The van der Waals surface area contributed by atoms with Gasteiger partial charge in [-0.05, 0) is 12.1 Å². The van der Waals surface area contributed by atoms with E-state index in [9.17, 15) is 5.11 Å². The maximum Gasteiger partial charge on any atom is 0.146 e. The molecule has 0 aliphatic rings. The minimum atomic E-state index is 0.303. The first kappa shape index (κ1) is 9.15. The Morgan fingerprint density at radius 3 is 2.86 bits per heavy atom. The number of thioether (sulfide) groups is 1. The minimum absolute atomic E-state index is 0.303. The maximum atomic E-state index is 9.47. The van der Waals surface area contributed by atoms with Crippen molar-refractivity contribution in [3.8, 4) is 5.75 Å². The summed E-state index contributed by atoms with van der Waals surface area (Å²) in [4.78, 5) is 0.851. The zero-order chi connectivity index (χ0) is 9.80. The number of para-hydroxylation sites is 1. The smallest absolute Gasteiger partial charge is 0.146 e. The Labute approximate surface area is 85.7 Å². The molecule has 0 fully saturated rings. The number of phenols is 1. The van der Waals surface area contributed by atoms with E-state index in [0.717, 1.165) is 10.7 Å². The molecule has 4 heteroatoms. The summed E-state index contributed by atoms with van der Waals surface area (Å²) < 4.78 is 4.94. The van der Waals surface area contributed by atoms with Crippen molar-refractivity contribution >= 4 is 11.8 Å². The molecule has 0 atom stereocenters. The fraction of sp³-hybridized carbons (Fsp3) is 0.100. The number of nitrogens with zero attached hydrogens (tertiary/aromatic N) is 1. The van der Waals surface area contributed by atoms with Crippen LogP contribution in [-0.2, 0) is 5.75 Å². The number of aromatic hydroxyl groups is 1. The number of hydrogen-bond donors (Lipinski definition) is 1. The molecule has 1 aromatic carbocycles. The molecule has 0 bridgehead atoms. The highest BCUT2D eigenvalue weighted by molar-refractivity contribution is 7.98. The highest BCUT2D eigenvalue weighted by Crippen LogP contribution is 2.29. The van der Waals surface area contributed by atoms with Crippen LogP contribution in [-0.4, -0.2) is 10.3 Å². The van der Waals surface area contributed by atoms with Gasteiger partial charge in [-0.1, -0.05) is 17.3 Å². The topological polar surface area (TPSA) is 46.3 Å². The summed E-state index contributed by atoms with van der Waals surface area (Å²) in [5.74, 6) is 1.78. The van der Waals surface area contributed by atoms with Gasteiger partial charge in [-0.3, -0.25) is 0 Å². The second kappa shape index (κ2) is 4.19. The molecule has 1 heterocycles. The Hall–Kier alpha value is -1.42.